The topological polar surface area (TPSA) is 117 Å². The van der Waals surface area contributed by atoms with Crippen LogP contribution in [-0.2, 0) is 9.53 Å². The summed E-state index contributed by atoms with van der Waals surface area (Å²) >= 11 is 6.07. The number of nitrogens with one attached hydrogen (secondary N) is 1. The van der Waals surface area contributed by atoms with E-state index in [1.807, 2.05) is 0 Å². The van der Waals surface area contributed by atoms with Gasteiger partial charge in [-0.25, -0.2) is 4.79 Å². The lowest BCUT2D eigenvalue weighted by molar-refractivity contribution is -0.123. The first-order chi connectivity index (χ1) is 13.3. The first-order valence-electron chi connectivity index (χ1n) is 8.10. The van der Waals surface area contributed by atoms with Gasteiger partial charge in [-0.2, -0.15) is 0 Å². The zero-order valence-electron chi connectivity index (χ0n) is 15.4. The highest BCUT2D eigenvalue weighted by molar-refractivity contribution is 6.32. The molecule has 2 aromatic rings. The summed E-state index contributed by atoms with van der Waals surface area (Å²) in [6.07, 6.45) is -1.09. The monoisotopic (exact) mass is 406 g/mol. The Morgan fingerprint density at radius 1 is 1.04 bits per heavy atom. The van der Waals surface area contributed by atoms with Crippen LogP contribution >= 0.6 is 11.6 Å². The van der Waals surface area contributed by atoms with Crippen molar-refractivity contribution in [1.29, 1.82) is 0 Å². The van der Waals surface area contributed by atoms with Gasteiger partial charge in [0.1, 0.15) is 0 Å². The van der Waals surface area contributed by atoms with E-state index >= 15 is 0 Å². The molecule has 9 heteroatoms. The molecule has 0 aliphatic carbocycles. The summed E-state index contributed by atoms with van der Waals surface area (Å²) in [5, 5.41) is 2.74. The zero-order chi connectivity index (χ0) is 20.8. The molecule has 148 valence electrons. The number of nitrogens with two attached hydrogens (primary N) is 1. The summed E-state index contributed by atoms with van der Waals surface area (Å²) in [6.45, 7) is 1.42. The quantitative estimate of drug-likeness (QED) is 0.682. The van der Waals surface area contributed by atoms with Crippen molar-refractivity contribution in [3.05, 3.63) is 52.5 Å². The van der Waals surface area contributed by atoms with Crippen LogP contribution in [-0.4, -0.2) is 38.1 Å². The van der Waals surface area contributed by atoms with Gasteiger partial charge in [0.05, 0.1) is 24.8 Å². The van der Waals surface area contributed by atoms with E-state index in [0.29, 0.717) is 11.3 Å². The van der Waals surface area contributed by atoms with E-state index in [9.17, 15) is 14.4 Å². The van der Waals surface area contributed by atoms with E-state index in [2.05, 4.69) is 5.32 Å². The minimum absolute atomic E-state index is 0.105. The van der Waals surface area contributed by atoms with Crippen molar-refractivity contribution in [2.45, 2.75) is 13.0 Å². The summed E-state index contributed by atoms with van der Waals surface area (Å²) in [4.78, 5) is 35.6. The van der Waals surface area contributed by atoms with Gasteiger partial charge in [-0.05, 0) is 43.3 Å². The molecule has 0 aliphatic rings. The summed E-state index contributed by atoms with van der Waals surface area (Å²) in [5.41, 5.74) is 6.00. The van der Waals surface area contributed by atoms with Gasteiger partial charge in [0.15, 0.2) is 17.6 Å². The fourth-order valence-electron chi connectivity index (χ4n) is 2.28. The second-order valence-corrected chi connectivity index (χ2v) is 6.08. The summed E-state index contributed by atoms with van der Waals surface area (Å²) in [6, 6.07) is 8.74. The van der Waals surface area contributed by atoms with Crippen LogP contribution in [0.4, 0.5) is 5.69 Å². The number of anilines is 1. The van der Waals surface area contributed by atoms with Gasteiger partial charge in [0.2, 0.25) is 5.91 Å². The van der Waals surface area contributed by atoms with Gasteiger partial charge >= 0.3 is 5.97 Å². The zero-order valence-corrected chi connectivity index (χ0v) is 16.2. The molecule has 0 saturated carbocycles. The van der Waals surface area contributed by atoms with E-state index in [1.54, 1.807) is 0 Å². The van der Waals surface area contributed by atoms with Crippen molar-refractivity contribution in [2.24, 2.45) is 5.73 Å². The highest BCUT2D eigenvalue weighted by Crippen LogP contribution is 2.36. The van der Waals surface area contributed by atoms with E-state index in [1.165, 1.54) is 57.5 Å². The number of hydrogen-bond acceptors (Lipinski definition) is 6. The largest absolute Gasteiger partial charge is 0.493 e. The molecule has 0 spiro atoms. The van der Waals surface area contributed by atoms with Gasteiger partial charge in [0.25, 0.3) is 5.91 Å². The van der Waals surface area contributed by atoms with E-state index in [0.717, 1.165) is 0 Å². The van der Waals surface area contributed by atoms with Crippen LogP contribution < -0.4 is 20.5 Å². The SMILES string of the molecule is COc1cc(C(=O)O[C@H](C)C(=O)Nc2ccc(C(N)=O)cc2)cc(Cl)c1OC. The van der Waals surface area contributed by atoms with Gasteiger partial charge in [0, 0.05) is 11.3 Å². The minimum atomic E-state index is -1.09. The highest BCUT2D eigenvalue weighted by atomic mass is 35.5. The Morgan fingerprint density at radius 3 is 2.21 bits per heavy atom. The molecule has 0 aliphatic heterocycles. The summed E-state index contributed by atoms with van der Waals surface area (Å²) < 4.78 is 15.4. The number of halogens is 1. The Hall–Kier alpha value is -3.26. The second kappa shape index (κ2) is 9.09. The average molecular weight is 407 g/mol. The fraction of sp³-hybridized carbons (Fsp3) is 0.211. The molecular formula is C19H19ClN2O6. The smallest absolute Gasteiger partial charge is 0.339 e. The third-order valence-electron chi connectivity index (χ3n) is 3.76. The molecule has 0 bridgehead atoms. The van der Waals surface area contributed by atoms with E-state index in [-0.39, 0.29) is 22.1 Å². The van der Waals surface area contributed by atoms with Crippen LogP contribution in [0.2, 0.25) is 5.02 Å². The Kier molecular flexibility index (Phi) is 6.84. The molecule has 3 N–H and O–H groups in total. The minimum Gasteiger partial charge on any atom is -0.493 e. The molecular weight excluding hydrogens is 388 g/mol. The number of carbonyl (C=O) groups excluding carboxylic acids is 3. The Labute approximate surface area is 166 Å². The molecule has 28 heavy (non-hydrogen) atoms. The lowest BCUT2D eigenvalue weighted by atomic mass is 10.2. The van der Waals surface area contributed by atoms with Crippen molar-refractivity contribution in [3.63, 3.8) is 0 Å². The molecule has 0 fully saturated rings. The maximum atomic E-state index is 12.3. The maximum absolute atomic E-state index is 12.3. The third kappa shape index (κ3) is 4.92. The van der Waals surface area contributed by atoms with Gasteiger partial charge in [-0.3, -0.25) is 9.59 Å². The Balaban J connectivity index is 2.06. The molecule has 0 heterocycles. The van der Waals surface area contributed by atoms with Crippen molar-refractivity contribution in [1.82, 2.24) is 0 Å². The van der Waals surface area contributed by atoms with E-state index in [4.69, 9.17) is 31.5 Å². The van der Waals surface area contributed by atoms with Gasteiger partial charge in [-0.1, -0.05) is 11.6 Å². The summed E-state index contributed by atoms with van der Waals surface area (Å²) in [5.74, 6) is -1.34. The number of methoxy groups -OCH3 is 2. The normalized spacial score (nSPS) is 11.3. The third-order valence-corrected chi connectivity index (χ3v) is 4.04. The first-order valence-corrected chi connectivity index (χ1v) is 8.47. The van der Waals surface area contributed by atoms with Crippen LogP contribution in [0.1, 0.15) is 27.6 Å². The first kappa shape index (κ1) is 21.0. The summed E-state index contributed by atoms with van der Waals surface area (Å²) in [7, 11) is 2.83. The number of benzene rings is 2. The Morgan fingerprint density at radius 2 is 1.68 bits per heavy atom. The van der Waals surface area contributed by atoms with Crippen LogP contribution in [0.25, 0.3) is 0 Å². The fourth-order valence-corrected chi connectivity index (χ4v) is 2.57. The molecule has 0 saturated heterocycles. The number of esters is 1. The van der Waals surface area contributed by atoms with Crippen molar-refractivity contribution < 1.29 is 28.6 Å². The Bertz CT molecular complexity index is 898. The van der Waals surface area contributed by atoms with Crippen LogP contribution in [0.3, 0.4) is 0 Å². The molecule has 2 rings (SSSR count). The molecule has 8 nitrogen and oxygen atoms in total. The van der Waals surface area contributed by atoms with Gasteiger partial charge in [-0.15, -0.1) is 0 Å². The van der Waals surface area contributed by atoms with Crippen molar-refractivity contribution in [3.8, 4) is 11.5 Å². The maximum Gasteiger partial charge on any atom is 0.339 e. The molecule has 0 radical (unpaired) electrons. The second-order valence-electron chi connectivity index (χ2n) is 5.67. The number of hydrogen-bond donors (Lipinski definition) is 2. The standard InChI is InChI=1S/C19H19ClN2O6/c1-10(18(24)22-13-6-4-11(5-7-13)17(21)23)28-19(25)12-8-14(20)16(27-3)15(9-12)26-2/h4-10H,1-3H3,(H2,21,23)(H,22,24)/t10-/m1/s1. The van der Waals surface area contributed by atoms with Gasteiger partial charge < -0.3 is 25.3 Å². The average Bonchev–Trinajstić information content (AvgIpc) is 2.67. The van der Waals surface area contributed by atoms with Crippen molar-refractivity contribution in [2.75, 3.05) is 19.5 Å². The number of ether oxygens (including phenoxy) is 3. The van der Waals surface area contributed by atoms with Crippen LogP contribution in [0.15, 0.2) is 36.4 Å². The molecule has 2 amide bonds. The number of rotatable bonds is 7. The van der Waals surface area contributed by atoms with E-state index < -0.39 is 23.9 Å². The number of carbonyl (C=O) groups is 3. The predicted molar refractivity (Wildman–Crippen MR) is 103 cm³/mol. The molecule has 0 unspecified atom stereocenters. The number of amides is 2. The van der Waals surface area contributed by atoms with Crippen LogP contribution in [0.5, 0.6) is 11.5 Å². The molecule has 2 aromatic carbocycles. The highest BCUT2D eigenvalue weighted by Gasteiger charge is 2.21. The lowest BCUT2D eigenvalue weighted by Gasteiger charge is -2.15. The lowest BCUT2D eigenvalue weighted by Crippen LogP contribution is -2.30. The van der Waals surface area contributed by atoms with Crippen LogP contribution in [0, 0.1) is 0 Å². The number of primary amides is 1. The molecule has 1 atom stereocenters. The molecule has 0 aromatic heterocycles. The predicted octanol–water partition coefficient (Wildman–Crippen LogP) is 2.64. The van der Waals surface area contributed by atoms with Crippen molar-refractivity contribution >= 4 is 35.1 Å².